The van der Waals surface area contributed by atoms with Gasteiger partial charge in [0.1, 0.15) is 0 Å². The van der Waals surface area contributed by atoms with Crippen LogP contribution in [0.25, 0.3) is 0 Å². The van der Waals surface area contributed by atoms with Crippen molar-refractivity contribution < 1.29 is 9.47 Å². The third-order valence-corrected chi connectivity index (χ3v) is 2.05. The van der Waals surface area contributed by atoms with Crippen molar-refractivity contribution in [2.75, 3.05) is 19.1 Å². The quantitative estimate of drug-likeness (QED) is 0.650. The molecular formula is C9H12N2O2. The number of rotatable bonds is 2. The molecule has 1 aliphatic rings. The van der Waals surface area contributed by atoms with Crippen LogP contribution in [0, 0.1) is 0 Å². The summed E-state index contributed by atoms with van der Waals surface area (Å²) in [6.45, 7) is 0.866. The molecule has 0 saturated heterocycles. The first kappa shape index (κ1) is 8.19. The number of nitrogen functional groups attached to an aromatic ring is 1. The zero-order valence-corrected chi connectivity index (χ0v) is 7.25. The highest BCUT2D eigenvalue weighted by Crippen LogP contribution is 2.35. The van der Waals surface area contributed by atoms with Gasteiger partial charge in [-0.1, -0.05) is 0 Å². The molecule has 0 unspecified atom stereocenters. The van der Waals surface area contributed by atoms with E-state index in [-0.39, 0.29) is 6.79 Å². The summed E-state index contributed by atoms with van der Waals surface area (Å²) in [4.78, 5) is 0. The Morgan fingerprint density at radius 2 is 1.92 bits per heavy atom. The normalized spacial score (nSPS) is 13.3. The molecule has 0 aliphatic carbocycles. The Morgan fingerprint density at radius 3 is 2.62 bits per heavy atom. The van der Waals surface area contributed by atoms with E-state index in [1.165, 1.54) is 0 Å². The zero-order chi connectivity index (χ0) is 9.26. The van der Waals surface area contributed by atoms with E-state index in [1.54, 1.807) is 6.07 Å². The Balaban J connectivity index is 2.37. The van der Waals surface area contributed by atoms with Crippen LogP contribution >= 0.6 is 0 Å². The number of benzene rings is 1. The Hall–Kier alpha value is -1.42. The van der Waals surface area contributed by atoms with E-state index in [0.717, 1.165) is 29.2 Å². The van der Waals surface area contributed by atoms with Crippen molar-refractivity contribution in [1.29, 1.82) is 0 Å². The van der Waals surface area contributed by atoms with E-state index in [1.807, 2.05) is 6.07 Å². The molecule has 0 fully saturated rings. The summed E-state index contributed by atoms with van der Waals surface area (Å²) < 4.78 is 10.4. The second kappa shape index (κ2) is 3.14. The maximum atomic E-state index is 5.79. The Labute approximate surface area is 76.4 Å². The molecule has 4 N–H and O–H groups in total. The summed E-state index contributed by atoms with van der Waals surface area (Å²) in [7, 11) is 0. The van der Waals surface area contributed by atoms with E-state index in [4.69, 9.17) is 20.9 Å². The average Bonchev–Trinajstić information content (AvgIpc) is 2.52. The van der Waals surface area contributed by atoms with Crippen molar-refractivity contribution in [2.45, 2.75) is 6.42 Å². The molecule has 70 valence electrons. The van der Waals surface area contributed by atoms with Crippen LogP contribution in [-0.2, 0) is 6.42 Å². The van der Waals surface area contributed by atoms with Crippen molar-refractivity contribution in [2.24, 2.45) is 5.73 Å². The monoisotopic (exact) mass is 180 g/mol. The molecule has 1 aromatic rings. The van der Waals surface area contributed by atoms with Gasteiger partial charge in [0.25, 0.3) is 0 Å². The average molecular weight is 180 g/mol. The lowest BCUT2D eigenvalue weighted by molar-refractivity contribution is 0.174. The number of nitrogens with two attached hydrogens (primary N) is 2. The highest BCUT2D eigenvalue weighted by atomic mass is 16.7. The fraction of sp³-hybridized carbons (Fsp3) is 0.333. The van der Waals surface area contributed by atoms with E-state index in [0.29, 0.717) is 6.54 Å². The number of fused-ring (bicyclic) bond motifs is 1. The summed E-state index contributed by atoms with van der Waals surface area (Å²) in [5.41, 5.74) is 13.0. The van der Waals surface area contributed by atoms with Gasteiger partial charge < -0.3 is 20.9 Å². The number of hydrogen-bond donors (Lipinski definition) is 2. The molecular weight excluding hydrogens is 168 g/mol. The fourth-order valence-electron chi connectivity index (χ4n) is 1.37. The molecule has 0 spiro atoms. The van der Waals surface area contributed by atoms with Gasteiger partial charge in [-0.25, -0.2) is 0 Å². The number of hydrogen-bond acceptors (Lipinski definition) is 4. The lowest BCUT2D eigenvalue weighted by Crippen LogP contribution is -2.05. The third-order valence-electron chi connectivity index (χ3n) is 2.05. The van der Waals surface area contributed by atoms with Gasteiger partial charge in [0.05, 0.1) is 0 Å². The summed E-state index contributed by atoms with van der Waals surface area (Å²) >= 11 is 0. The summed E-state index contributed by atoms with van der Waals surface area (Å²) in [5, 5.41) is 0. The van der Waals surface area contributed by atoms with Crippen molar-refractivity contribution in [1.82, 2.24) is 0 Å². The number of ether oxygens (including phenoxy) is 2. The molecule has 1 aromatic carbocycles. The summed E-state index contributed by atoms with van der Waals surface area (Å²) in [5.74, 6) is 1.48. The van der Waals surface area contributed by atoms with Crippen LogP contribution in [0.3, 0.4) is 0 Å². The number of anilines is 1. The molecule has 4 heteroatoms. The van der Waals surface area contributed by atoms with Gasteiger partial charge in [0, 0.05) is 11.8 Å². The first-order chi connectivity index (χ1) is 6.31. The van der Waals surface area contributed by atoms with E-state index >= 15 is 0 Å². The molecule has 0 bridgehead atoms. The molecule has 2 rings (SSSR count). The van der Waals surface area contributed by atoms with Crippen LogP contribution in [0.2, 0.25) is 0 Å². The van der Waals surface area contributed by atoms with Crippen LogP contribution in [-0.4, -0.2) is 13.3 Å². The van der Waals surface area contributed by atoms with Crippen molar-refractivity contribution in [3.05, 3.63) is 17.7 Å². The molecule has 1 heterocycles. The maximum Gasteiger partial charge on any atom is 0.231 e. The van der Waals surface area contributed by atoms with E-state index < -0.39 is 0 Å². The molecule has 0 saturated carbocycles. The topological polar surface area (TPSA) is 70.5 Å². The first-order valence-corrected chi connectivity index (χ1v) is 4.19. The van der Waals surface area contributed by atoms with Crippen LogP contribution in [0.5, 0.6) is 11.5 Å². The first-order valence-electron chi connectivity index (χ1n) is 4.19. The summed E-state index contributed by atoms with van der Waals surface area (Å²) in [6, 6.07) is 3.68. The molecule has 0 radical (unpaired) electrons. The van der Waals surface area contributed by atoms with Gasteiger partial charge in [-0.15, -0.1) is 0 Å². The highest BCUT2D eigenvalue weighted by molar-refractivity contribution is 5.58. The van der Waals surface area contributed by atoms with Gasteiger partial charge in [-0.2, -0.15) is 0 Å². The van der Waals surface area contributed by atoms with Crippen LogP contribution in [0.1, 0.15) is 5.56 Å². The molecule has 13 heavy (non-hydrogen) atoms. The van der Waals surface area contributed by atoms with Gasteiger partial charge in [-0.05, 0) is 24.6 Å². The predicted octanol–water partition coefficient (Wildman–Crippen LogP) is 0.499. The van der Waals surface area contributed by atoms with Gasteiger partial charge >= 0.3 is 0 Å². The SMILES string of the molecule is NCCc1cc2c(cc1N)OCO2. The third kappa shape index (κ3) is 1.40. The largest absolute Gasteiger partial charge is 0.454 e. The fourth-order valence-corrected chi connectivity index (χ4v) is 1.37. The zero-order valence-electron chi connectivity index (χ0n) is 7.25. The minimum Gasteiger partial charge on any atom is -0.454 e. The lowest BCUT2D eigenvalue weighted by atomic mass is 10.1. The van der Waals surface area contributed by atoms with Gasteiger partial charge in [0.15, 0.2) is 11.5 Å². The Kier molecular flexibility index (Phi) is 1.98. The van der Waals surface area contributed by atoms with Crippen LogP contribution in [0.4, 0.5) is 5.69 Å². The van der Waals surface area contributed by atoms with Crippen LogP contribution in [0.15, 0.2) is 12.1 Å². The molecule has 4 nitrogen and oxygen atoms in total. The minimum atomic E-state index is 0.279. The minimum absolute atomic E-state index is 0.279. The molecule has 0 amide bonds. The van der Waals surface area contributed by atoms with Crippen molar-refractivity contribution >= 4 is 5.69 Å². The second-order valence-corrected chi connectivity index (χ2v) is 2.94. The molecule has 0 aromatic heterocycles. The standard InChI is InChI=1S/C9H12N2O2/c10-2-1-6-3-8-9(4-7(6)11)13-5-12-8/h3-4H,1-2,5,10-11H2. The van der Waals surface area contributed by atoms with E-state index in [2.05, 4.69) is 0 Å². The van der Waals surface area contributed by atoms with E-state index in [9.17, 15) is 0 Å². The predicted molar refractivity (Wildman–Crippen MR) is 49.7 cm³/mol. The smallest absolute Gasteiger partial charge is 0.231 e. The molecule has 0 atom stereocenters. The van der Waals surface area contributed by atoms with Gasteiger partial charge in [-0.3, -0.25) is 0 Å². The maximum absolute atomic E-state index is 5.79. The van der Waals surface area contributed by atoms with Crippen LogP contribution < -0.4 is 20.9 Å². The Bertz CT molecular complexity index is 326. The second-order valence-electron chi connectivity index (χ2n) is 2.94. The van der Waals surface area contributed by atoms with Crippen molar-refractivity contribution in [3.8, 4) is 11.5 Å². The molecule has 1 aliphatic heterocycles. The highest BCUT2D eigenvalue weighted by Gasteiger charge is 2.15. The summed E-state index contributed by atoms with van der Waals surface area (Å²) in [6.07, 6.45) is 0.766. The van der Waals surface area contributed by atoms with Gasteiger partial charge in [0.2, 0.25) is 6.79 Å². The van der Waals surface area contributed by atoms with Crippen molar-refractivity contribution in [3.63, 3.8) is 0 Å². The lowest BCUT2D eigenvalue weighted by Gasteiger charge is -2.05. The Morgan fingerprint density at radius 1 is 1.23 bits per heavy atom.